The monoisotopic (exact) mass is 280 g/mol. The molecule has 0 aliphatic rings. The zero-order valence-electron chi connectivity index (χ0n) is 11.4. The molecule has 0 spiro atoms. The molecule has 0 amide bonds. The molecule has 0 bridgehead atoms. The molecule has 0 fully saturated rings. The molecule has 5 heteroatoms. The van der Waals surface area contributed by atoms with Crippen molar-refractivity contribution >= 4 is 10.8 Å². The maximum Gasteiger partial charge on any atom is 0.174 e. The summed E-state index contributed by atoms with van der Waals surface area (Å²) in [6.07, 6.45) is 2.60. The summed E-state index contributed by atoms with van der Waals surface area (Å²) in [4.78, 5) is 0. The van der Waals surface area contributed by atoms with E-state index in [9.17, 15) is 4.21 Å². The van der Waals surface area contributed by atoms with E-state index in [0.29, 0.717) is 18.3 Å². The third-order valence-corrected chi connectivity index (χ3v) is 3.55. The van der Waals surface area contributed by atoms with E-state index < -0.39 is 10.8 Å². The van der Waals surface area contributed by atoms with Crippen molar-refractivity contribution < 1.29 is 8.95 Å². The Labute approximate surface area is 117 Å². The third kappa shape index (κ3) is 6.37. The zero-order valence-corrected chi connectivity index (χ0v) is 12.2. The van der Waals surface area contributed by atoms with E-state index in [1.54, 1.807) is 6.26 Å². The molecule has 0 saturated heterocycles. The molecule has 1 aromatic rings. The van der Waals surface area contributed by atoms with Crippen LogP contribution in [0.4, 0.5) is 0 Å². The highest BCUT2D eigenvalue weighted by Gasteiger charge is 2.06. The lowest BCUT2D eigenvalue weighted by Crippen LogP contribution is -2.27. The number of benzene rings is 1. The van der Waals surface area contributed by atoms with E-state index in [0.717, 1.165) is 17.7 Å². The van der Waals surface area contributed by atoms with Crippen LogP contribution in [0.5, 0.6) is 5.75 Å². The van der Waals surface area contributed by atoms with Crippen LogP contribution in [0, 0.1) is 11.3 Å². The fraction of sp³-hybridized carbons (Fsp3) is 0.500. The van der Waals surface area contributed by atoms with Crippen molar-refractivity contribution in [1.82, 2.24) is 5.32 Å². The largest absolute Gasteiger partial charge is 0.478 e. The number of rotatable bonds is 8. The van der Waals surface area contributed by atoms with Gasteiger partial charge in [-0.15, -0.1) is 0 Å². The summed E-state index contributed by atoms with van der Waals surface area (Å²) in [6, 6.07) is 9.94. The lowest BCUT2D eigenvalue weighted by molar-refractivity contribution is 0.361. The highest BCUT2D eigenvalue weighted by atomic mass is 32.2. The van der Waals surface area contributed by atoms with Gasteiger partial charge < -0.3 is 10.1 Å². The van der Waals surface area contributed by atoms with Gasteiger partial charge in [0.2, 0.25) is 0 Å². The Morgan fingerprint density at radius 3 is 2.89 bits per heavy atom. The molecule has 0 saturated carbocycles. The van der Waals surface area contributed by atoms with E-state index in [1.807, 2.05) is 30.3 Å². The lowest BCUT2D eigenvalue weighted by Gasteiger charge is -2.15. The van der Waals surface area contributed by atoms with Crippen LogP contribution in [0.2, 0.25) is 0 Å². The van der Waals surface area contributed by atoms with E-state index in [-0.39, 0.29) is 6.61 Å². The Kier molecular flexibility index (Phi) is 7.16. The molecule has 0 aliphatic carbocycles. The molecule has 1 N–H and O–H groups in total. The van der Waals surface area contributed by atoms with Crippen molar-refractivity contribution in [2.45, 2.75) is 25.9 Å². The fourth-order valence-electron chi connectivity index (χ4n) is 1.63. The lowest BCUT2D eigenvalue weighted by atomic mass is 10.2. The van der Waals surface area contributed by atoms with Gasteiger partial charge in [-0.3, -0.25) is 4.21 Å². The van der Waals surface area contributed by atoms with Crippen molar-refractivity contribution in [2.24, 2.45) is 0 Å². The van der Waals surface area contributed by atoms with Gasteiger partial charge >= 0.3 is 0 Å². The van der Waals surface area contributed by atoms with E-state index in [4.69, 9.17) is 10.00 Å². The van der Waals surface area contributed by atoms with Gasteiger partial charge in [-0.1, -0.05) is 18.2 Å². The van der Waals surface area contributed by atoms with E-state index in [2.05, 4.69) is 12.2 Å². The zero-order chi connectivity index (χ0) is 14.1. The highest BCUT2D eigenvalue weighted by molar-refractivity contribution is 7.84. The van der Waals surface area contributed by atoms with Gasteiger partial charge in [0, 0.05) is 41.0 Å². The number of nitriles is 1. The molecule has 0 aliphatic heterocycles. The van der Waals surface area contributed by atoms with Crippen LogP contribution in [-0.4, -0.2) is 28.9 Å². The maximum atomic E-state index is 11.0. The number of hydrogen-bond donors (Lipinski definition) is 1. The van der Waals surface area contributed by atoms with Gasteiger partial charge in [0.1, 0.15) is 11.8 Å². The molecule has 2 atom stereocenters. The smallest absolute Gasteiger partial charge is 0.174 e. The first kappa shape index (κ1) is 15.7. The van der Waals surface area contributed by atoms with E-state index in [1.165, 1.54) is 0 Å². The second kappa shape index (κ2) is 8.68. The molecule has 0 radical (unpaired) electrons. The predicted octanol–water partition coefficient (Wildman–Crippen LogP) is 1.84. The van der Waals surface area contributed by atoms with Gasteiger partial charge in [-0.2, -0.15) is 5.26 Å². The van der Waals surface area contributed by atoms with Crippen molar-refractivity contribution in [2.75, 3.05) is 18.6 Å². The number of para-hydroxylation sites is 1. The molecule has 19 heavy (non-hydrogen) atoms. The highest BCUT2D eigenvalue weighted by Crippen LogP contribution is 2.17. The molecular weight excluding hydrogens is 260 g/mol. The van der Waals surface area contributed by atoms with Crippen LogP contribution in [-0.2, 0) is 17.3 Å². The molecule has 4 nitrogen and oxygen atoms in total. The quantitative estimate of drug-likeness (QED) is 0.789. The first-order valence-electron chi connectivity index (χ1n) is 6.24. The number of nitrogens with zero attached hydrogens (tertiary/aromatic N) is 1. The first-order chi connectivity index (χ1) is 9.13. The average molecular weight is 280 g/mol. The Balaban J connectivity index is 2.48. The van der Waals surface area contributed by atoms with Gasteiger partial charge in [0.25, 0.3) is 0 Å². The van der Waals surface area contributed by atoms with Crippen LogP contribution < -0.4 is 10.1 Å². The first-order valence-corrected chi connectivity index (χ1v) is 7.97. The summed E-state index contributed by atoms with van der Waals surface area (Å²) in [5, 5.41) is 11.9. The second-order valence-electron chi connectivity index (χ2n) is 4.40. The molecule has 104 valence electrons. The fourth-order valence-corrected chi connectivity index (χ4v) is 2.32. The van der Waals surface area contributed by atoms with Crippen molar-refractivity contribution in [3.05, 3.63) is 29.8 Å². The standard InChI is InChI=1S/C14H20N2O2S/c1-12(7-10-19(2)17)16-11-13-5-3-4-6-14(13)18-9-8-15/h3-6,12,16H,7,9-11H2,1-2H3. The van der Waals surface area contributed by atoms with Gasteiger partial charge in [-0.25, -0.2) is 0 Å². The van der Waals surface area contributed by atoms with Crippen LogP contribution >= 0.6 is 0 Å². The summed E-state index contributed by atoms with van der Waals surface area (Å²) in [5.74, 6) is 1.45. The molecule has 0 aromatic heterocycles. The topological polar surface area (TPSA) is 62.1 Å². The summed E-state index contributed by atoms with van der Waals surface area (Å²) in [7, 11) is -0.744. The third-order valence-electron chi connectivity index (χ3n) is 2.74. The molecule has 2 unspecified atom stereocenters. The van der Waals surface area contributed by atoms with Crippen LogP contribution in [0.3, 0.4) is 0 Å². The predicted molar refractivity (Wildman–Crippen MR) is 77.4 cm³/mol. The molecule has 1 rings (SSSR count). The van der Waals surface area contributed by atoms with Gasteiger partial charge in [0.15, 0.2) is 6.61 Å². The van der Waals surface area contributed by atoms with Gasteiger partial charge in [0.05, 0.1) is 0 Å². The summed E-state index contributed by atoms with van der Waals surface area (Å²) < 4.78 is 16.4. The van der Waals surface area contributed by atoms with Crippen LogP contribution in [0.1, 0.15) is 18.9 Å². The molecule has 1 aromatic carbocycles. The summed E-state index contributed by atoms with van der Waals surface area (Å²) in [6.45, 7) is 2.81. The van der Waals surface area contributed by atoms with E-state index >= 15 is 0 Å². The Hall–Kier alpha value is -1.38. The SMILES string of the molecule is CC(CCS(C)=O)NCc1ccccc1OCC#N. The molecular formula is C14H20N2O2S. The second-order valence-corrected chi connectivity index (χ2v) is 5.96. The normalized spacial score (nSPS) is 13.5. The van der Waals surface area contributed by atoms with Crippen molar-refractivity contribution in [3.8, 4) is 11.8 Å². The summed E-state index contributed by atoms with van der Waals surface area (Å²) in [5.41, 5.74) is 1.03. The maximum absolute atomic E-state index is 11.0. The minimum Gasteiger partial charge on any atom is -0.478 e. The number of hydrogen-bond acceptors (Lipinski definition) is 4. The van der Waals surface area contributed by atoms with Crippen molar-refractivity contribution in [1.29, 1.82) is 5.26 Å². The molecule has 0 heterocycles. The minimum atomic E-state index is -0.744. The van der Waals surface area contributed by atoms with Gasteiger partial charge in [-0.05, 0) is 19.4 Å². The Morgan fingerprint density at radius 1 is 1.47 bits per heavy atom. The number of nitrogens with one attached hydrogen (secondary N) is 1. The summed E-state index contributed by atoms with van der Waals surface area (Å²) >= 11 is 0. The Morgan fingerprint density at radius 2 is 2.21 bits per heavy atom. The average Bonchev–Trinajstić information content (AvgIpc) is 2.41. The van der Waals surface area contributed by atoms with Crippen LogP contribution in [0.15, 0.2) is 24.3 Å². The Bertz CT molecular complexity index is 457. The minimum absolute atomic E-state index is 0.0569. The van der Waals surface area contributed by atoms with Crippen molar-refractivity contribution in [3.63, 3.8) is 0 Å². The van der Waals surface area contributed by atoms with Crippen LogP contribution in [0.25, 0.3) is 0 Å². The number of ether oxygens (including phenoxy) is 1.